The smallest absolute Gasteiger partial charge is 0.289 e. The molecule has 0 amide bonds. The van der Waals surface area contributed by atoms with Gasteiger partial charge in [0.2, 0.25) is 0 Å². The number of imidazole rings is 1. The predicted octanol–water partition coefficient (Wildman–Crippen LogP) is 2.68. The Labute approximate surface area is 122 Å². The van der Waals surface area contributed by atoms with Crippen LogP contribution in [-0.2, 0) is 6.42 Å². The molecule has 21 heavy (non-hydrogen) atoms. The lowest BCUT2D eigenvalue weighted by atomic mass is 10.1. The van der Waals surface area contributed by atoms with Crippen LogP contribution in [0.3, 0.4) is 0 Å². The van der Waals surface area contributed by atoms with Crippen molar-refractivity contribution in [3.63, 3.8) is 0 Å². The van der Waals surface area contributed by atoms with E-state index >= 15 is 0 Å². The molecule has 0 unspecified atom stereocenters. The Morgan fingerprint density at radius 3 is 2.76 bits per heavy atom. The minimum absolute atomic E-state index is 0.0846. The Kier molecular flexibility index (Phi) is 3.56. The number of benzene rings is 1. The number of aromatic amines is 1. The molecule has 5 heteroatoms. The second-order valence-electron chi connectivity index (χ2n) is 5.17. The summed E-state index contributed by atoms with van der Waals surface area (Å²) in [6, 6.07) is 9.85. The molecule has 0 radical (unpaired) electrons. The maximum Gasteiger partial charge on any atom is 0.329 e. The molecule has 1 atom stereocenters. The average Bonchev–Trinajstić information content (AvgIpc) is 2.83. The minimum Gasteiger partial charge on any atom is -0.289 e. The number of aryl methyl sites for hydroxylation is 1. The van der Waals surface area contributed by atoms with E-state index in [4.69, 9.17) is 0 Å². The van der Waals surface area contributed by atoms with Crippen molar-refractivity contribution in [3.05, 3.63) is 58.3 Å². The van der Waals surface area contributed by atoms with Gasteiger partial charge in [0.05, 0.1) is 17.9 Å². The van der Waals surface area contributed by atoms with Crippen LogP contribution >= 0.6 is 0 Å². The number of nitrogens with one attached hydrogen (secondary N) is 1. The van der Waals surface area contributed by atoms with Gasteiger partial charge in [-0.2, -0.15) is 0 Å². The summed E-state index contributed by atoms with van der Waals surface area (Å²) in [5, 5.41) is 0. The molecule has 0 saturated heterocycles. The van der Waals surface area contributed by atoms with Crippen LogP contribution in [-0.4, -0.2) is 19.5 Å². The number of aromatic nitrogens is 4. The highest BCUT2D eigenvalue weighted by atomic mass is 16.1. The Bertz CT molecular complexity index is 804. The number of nitrogens with zero attached hydrogens (tertiary/aromatic N) is 3. The molecular formula is C16H18N4O. The van der Waals surface area contributed by atoms with Gasteiger partial charge in [0, 0.05) is 0 Å². The maximum atomic E-state index is 12.2. The van der Waals surface area contributed by atoms with Crippen molar-refractivity contribution >= 4 is 11.3 Å². The van der Waals surface area contributed by atoms with Gasteiger partial charge >= 0.3 is 5.69 Å². The molecule has 108 valence electrons. The van der Waals surface area contributed by atoms with E-state index in [2.05, 4.69) is 21.9 Å². The Balaban J connectivity index is 2.15. The summed E-state index contributed by atoms with van der Waals surface area (Å²) >= 11 is 0. The van der Waals surface area contributed by atoms with Crippen molar-refractivity contribution in [1.29, 1.82) is 0 Å². The third-order valence-corrected chi connectivity index (χ3v) is 3.65. The zero-order valence-electron chi connectivity index (χ0n) is 12.2. The van der Waals surface area contributed by atoms with E-state index in [1.165, 1.54) is 0 Å². The topological polar surface area (TPSA) is 63.6 Å². The lowest BCUT2D eigenvalue weighted by molar-refractivity contribution is 0.629. The molecule has 0 fully saturated rings. The van der Waals surface area contributed by atoms with Crippen LogP contribution < -0.4 is 5.69 Å². The fourth-order valence-electron chi connectivity index (χ4n) is 2.55. The fourth-order valence-corrected chi connectivity index (χ4v) is 2.55. The van der Waals surface area contributed by atoms with Gasteiger partial charge in [0.15, 0.2) is 11.3 Å². The fraction of sp³-hybridized carbons (Fsp3) is 0.312. The highest BCUT2D eigenvalue weighted by Gasteiger charge is 2.16. The van der Waals surface area contributed by atoms with Crippen LogP contribution in [0.5, 0.6) is 0 Å². The third-order valence-electron chi connectivity index (χ3n) is 3.65. The quantitative estimate of drug-likeness (QED) is 0.800. The van der Waals surface area contributed by atoms with Crippen molar-refractivity contribution in [2.24, 2.45) is 0 Å². The number of fused-ring (bicyclic) bond motifs is 1. The Hall–Kier alpha value is -2.43. The Morgan fingerprint density at radius 1 is 1.29 bits per heavy atom. The molecule has 0 bridgehead atoms. The van der Waals surface area contributed by atoms with Gasteiger partial charge in [0.1, 0.15) is 0 Å². The predicted molar refractivity (Wildman–Crippen MR) is 82.4 cm³/mol. The first-order chi connectivity index (χ1) is 10.2. The molecule has 1 N–H and O–H groups in total. The van der Waals surface area contributed by atoms with E-state index in [-0.39, 0.29) is 11.7 Å². The minimum atomic E-state index is -0.171. The highest BCUT2D eigenvalue weighted by Crippen LogP contribution is 2.19. The molecule has 0 aliphatic heterocycles. The van der Waals surface area contributed by atoms with Gasteiger partial charge in [-0.25, -0.2) is 14.8 Å². The van der Waals surface area contributed by atoms with Crippen molar-refractivity contribution in [2.75, 3.05) is 0 Å². The summed E-state index contributed by atoms with van der Waals surface area (Å²) in [7, 11) is 0. The number of H-pyrrole nitrogens is 1. The second kappa shape index (κ2) is 5.52. The van der Waals surface area contributed by atoms with E-state index < -0.39 is 0 Å². The second-order valence-corrected chi connectivity index (χ2v) is 5.17. The zero-order valence-corrected chi connectivity index (χ0v) is 12.2. The first kappa shape index (κ1) is 13.5. The van der Waals surface area contributed by atoms with Crippen LogP contribution in [0.2, 0.25) is 0 Å². The van der Waals surface area contributed by atoms with Gasteiger partial charge in [-0.3, -0.25) is 9.55 Å². The van der Waals surface area contributed by atoms with Crippen LogP contribution in [0, 0.1) is 0 Å². The number of rotatable bonds is 4. The lowest BCUT2D eigenvalue weighted by Crippen LogP contribution is -2.21. The molecular weight excluding hydrogens is 264 g/mol. The van der Waals surface area contributed by atoms with E-state index in [1.54, 1.807) is 10.8 Å². The van der Waals surface area contributed by atoms with Crippen LogP contribution in [0.15, 0.2) is 41.3 Å². The van der Waals surface area contributed by atoms with Gasteiger partial charge in [0.25, 0.3) is 0 Å². The summed E-state index contributed by atoms with van der Waals surface area (Å²) < 4.78 is 1.68. The largest absolute Gasteiger partial charge is 0.329 e. The van der Waals surface area contributed by atoms with Gasteiger partial charge in [-0.1, -0.05) is 43.7 Å². The molecule has 0 aliphatic carbocycles. The average molecular weight is 282 g/mol. The van der Waals surface area contributed by atoms with E-state index in [1.807, 2.05) is 37.3 Å². The molecule has 1 aromatic carbocycles. The SMILES string of the molecule is CCCc1cnc2[nH]c(=O)n([C@@H](C)c3ccccc3)c2n1. The molecule has 0 saturated carbocycles. The molecule has 3 rings (SSSR count). The summed E-state index contributed by atoms with van der Waals surface area (Å²) in [5.41, 5.74) is 2.99. The summed E-state index contributed by atoms with van der Waals surface area (Å²) in [5.74, 6) is 0. The van der Waals surface area contributed by atoms with Crippen LogP contribution in [0.4, 0.5) is 0 Å². The lowest BCUT2D eigenvalue weighted by Gasteiger charge is -2.13. The summed E-state index contributed by atoms with van der Waals surface area (Å²) in [4.78, 5) is 24.0. The van der Waals surface area contributed by atoms with Crippen molar-refractivity contribution < 1.29 is 0 Å². The summed E-state index contributed by atoms with van der Waals surface area (Å²) in [6.07, 6.45) is 3.60. The normalized spacial score (nSPS) is 12.7. The third kappa shape index (κ3) is 2.46. The Morgan fingerprint density at radius 2 is 2.05 bits per heavy atom. The van der Waals surface area contributed by atoms with Gasteiger partial charge in [-0.05, 0) is 18.9 Å². The first-order valence-electron chi connectivity index (χ1n) is 7.21. The van der Waals surface area contributed by atoms with E-state index in [9.17, 15) is 4.79 Å². The van der Waals surface area contributed by atoms with Gasteiger partial charge < -0.3 is 0 Å². The molecule has 2 heterocycles. The molecule has 3 aromatic rings. The molecule has 2 aromatic heterocycles. The molecule has 5 nitrogen and oxygen atoms in total. The number of hydrogen-bond acceptors (Lipinski definition) is 3. The standard InChI is InChI=1S/C16H18N4O/c1-3-7-13-10-17-14-15(18-13)20(16(21)19-14)11(2)12-8-5-4-6-9-12/h4-6,8-11H,3,7H2,1-2H3,(H,17,19,21)/t11-/m0/s1. The highest BCUT2D eigenvalue weighted by molar-refractivity contribution is 5.65. The molecule has 0 spiro atoms. The number of hydrogen-bond donors (Lipinski definition) is 1. The maximum absolute atomic E-state index is 12.2. The van der Waals surface area contributed by atoms with Crippen LogP contribution in [0.25, 0.3) is 11.3 Å². The van der Waals surface area contributed by atoms with Crippen molar-refractivity contribution in [1.82, 2.24) is 19.5 Å². The van der Waals surface area contributed by atoms with Gasteiger partial charge in [-0.15, -0.1) is 0 Å². The first-order valence-corrected chi connectivity index (χ1v) is 7.21. The summed E-state index contributed by atoms with van der Waals surface area (Å²) in [6.45, 7) is 4.10. The van der Waals surface area contributed by atoms with E-state index in [0.29, 0.717) is 11.3 Å². The van der Waals surface area contributed by atoms with Crippen molar-refractivity contribution in [2.45, 2.75) is 32.7 Å². The van der Waals surface area contributed by atoms with E-state index in [0.717, 1.165) is 24.1 Å². The zero-order chi connectivity index (χ0) is 14.8. The molecule has 0 aliphatic rings. The monoisotopic (exact) mass is 282 g/mol. The van der Waals surface area contributed by atoms with Crippen LogP contribution in [0.1, 0.15) is 37.6 Å². The van der Waals surface area contributed by atoms with Crippen molar-refractivity contribution in [3.8, 4) is 0 Å².